The average molecular weight is 304 g/mol. The third-order valence-corrected chi connectivity index (χ3v) is 3.95. The highest BCUT2D eigenvalue weighted by Crippen LogP contribution is 2.40. The van der Waals surface area contributed by atoms with Gasteiger partial charge in [0, 0.05) is 31.6 Å². The number of carbonyl (C=O) groups is 1. The van der Waals surface area contributed by atoms with Gasteiger partial charge in [-0.15, -0.1) is 0 Å². The van der Waals surface area contributed by atoms with E-state index in [2.05, 4.69) is 45.7 Å². The SMILES string of the molecule is CC(C)(C)OC=O.c1ccc([C@@H]2C[C@H]2NCC2CNC2)cc1. The first-order chi connectivity index (χ1) is 10.5. The van der Waals surface area contributed by atoms with Gasteiger partial charge in [0.05, 0.1) is 0 Å². The van der Waals surface area contributed by atoms with Crippen molar-refractivity contribution in [3.63, 3.8) is 0 Å². The Labute approximate surface area is 133 Å². The summed E-state index contributed by atoms with van der Waals surface area (Å²) >= 11 is 0. The molecule has 0 radical (unpaired) electrons. The van der Waals surface area contributed by atoms with E-state index in [4.69, 9.17) is 0 Å². The lowest BCUT2D eigenvalue weighted by molar-refractivity contribution is -0.138. The van der Waals surface area contributed by atoms with E-state index in [1.54, 1.807) is 0 Å². The summed E-state index contributed by atoms with van der Waals surface area (Å²) in [5.41, 5.74) is 1.18. The van der Waals surface area contributed by atoms with Crippen LogP contribution >= 0.6 is 0 Å². The Hall–Kier alpha value is -1.39. The molecule has 0 unspecified atom stereocenters. The Kier molecular flexibility index (Phi) is 5.98. The van der Waals surface area contributed by atoms with E-state index in [1.807, 2.05) is 20.8 Å². The molecular formula is C18H28N2O2. The number of hydrogen-bond donors (Lipinski definition) is 2. The van der Waals surface area contributed by atoms with Crippen molar-refractivity contribution >= 4 is 6.47 Å². The second-order valence-electron chi connectivity index (χ2n) is 7.12. The molecule has 0 bridgehead atoms. The highest BCUT2D eigenvalue weighted by Gasteiger charge is 2.38. The van der Waals surface area contributed by atoms with Crippen LogP contribution in [0.1, 0.15) is 38.7 Å². The zero-order chi connectivity index (χ0) is 16.0. The van der Waals surface area contributed by atoms with Gasteiger partial charge in [-0.3, -0.25) is 4.79 Å². The monoisotopic (exact) mass is 304 g/mol. The second kappa shape index (κ2) is 7.75. The highest BCUT2D eigenvalue weighted by atomic mass is 16.5. The van der Waals surface area contributed by atoms with Crippen molar-refractivity contribution < 1.29 is 9.53 Å². The molecule has 1 aromatic rings. The minimum Gasteiger partial charge on any atom is -0.462 e. The zero-order valence-electron chi connectivity index (χ0n) is 13.8. The van der Waals surface area contributed by atoms with Crippen molar-refractivity contribution in [2.75, 3.05) is 19.6 Å². The molecule has 122 valence electrons. The molecule has 1 aromatic carbocycles. The third kappa shape index (κ3) is 5.78. The normalized spacial score (nSPS) is 23.8. The number of benzene rings is 1. The maximum absolute atomic E-state index is 9.60. The van der Waals surface area contributed by atoms with Crippen LogP contribution in [0.25, 0.3) is 0 Å². The Bertz CT molecular complexity index is 452. The Morgan fingerprint density at radius 2 is 1.95 bits per heavy atom. The van der Waals surface area contributed by atoms with Crippen LogP contribution in [-0.2, 0) is 9.53 Å². The van der Waals surface area contributed by atoms with Gasteiger partial charge >= 0.3 is 0 Å². The molecule has 2 N–H and O–H groups in total. The first-order valence-corrected chi connectivity index (χ1v) is 8.10. The fourth-order valence-electron chi connectivity index (χ4n) is 2.44. The van der Waals surface area contributed by atoms with E-state index in [0.717, 1.165) is 17.9 Å². The van der Waals surface area contributed by atoms with Crippen LogP contribution in [-0.4, -0.2) is 37.7 Å². The summed E-state index contributed by atoms with van der Waals surface area (Å²) in [6.45, 7) is 9.52. The lowest BCUT2D eigenvalue weighted by Gasteiger charge is -2.27. The summed E-state index contributed by atoms with van der Waals surface area (Å²) < 4.78 is 4.55. The zero-order valence-corrected chi connectivity index (χ0v) is 13.8. The summed E-state index contributed by atoms with van der Waals surface area (Å²) in [6.07, 6.45) is 1.32. The fourth-order valence-corrected chi connectivity index (χ4v) is 2.44. The second-order valence-corrected chi connectivity index (χ2v) is 7.12. The number of nitrogens with one attached hydrogen (secondary N) is 2. The maximum Gasteiger partial charge on any atom is 0.293 e. The molecule has 2 fully saturated rings. The average Bonchev–Trinajstić information content (AvgIpc) is 3.17. The summed E-state index contributed by atoms with van der Waals surface area (Å²) in [7, 11) is 0. The Morgan fingerprint density at radius 3 is 2.41 bits per heavy atom. The van der Waals surface area contributed by atoms with E-state index in [1.165, 1.54) is 31.6 Å². The smallest absolute Gasteiger partial charge is 0.293 e. The van der Waals surface area contributed by atoms with Crippen LogP contribution < -0.4 is 10.6 Å². The van der Waals surface area contributed by atoms with Crippen LogP contribution in [0.4, 0.5) is 0 Å². The molecule has 3 rings (SSSR count). The lowest BCUT2D eigenvalue weighted by atomic mass is 10.0. The summed E-state index contributed by atoms with van der Waals surface area (Å²) in [4.78, 5) is 9.60. The molecule has 4 heteroatoms. The van der Waals surface area contributed by atoms with E-state index < -0.39 is 0 Å². The van der Waals surface area contributed by atoms with E-state index in [-0.39, 0.29) is 5.60 Å². The van der Waals surface area contributed by atoms with Crippen molar-refractivity contribution in [2.45, 2.75) is 44.8 Å². The first-order valence-electron chi connectivity index (χ1n) is 8.10. The molecule has 1 aliphatic heterocycles. The van der Waals surface area contributed by atoms with Gasteiger partial charge in [0.2, 0.25) is 0 Å². The molecule has 4 nitrogen and oxygen atoms in total. The molecule has 0 aromatic heterocycles. The van der Waals surface area contributed by atoms with Crippen LogP contribution in [0.2, 0.25) is 0 Å². The molecule has 0 spiro atoms. The van der Waals surface area contributed by atoms with E-state index in [0.29, 0.717) is 6.47 Å². The number of carbonyl (C=O) groups excluding carboxylic acids is 1. The molecule has 1 aliphatic carbocycles. The Balaban J connectivity index is 0.000000217. The minimum absolute atomic E-state index is 0.318. The van der Waals surface area contributed by atoms with E-state index >= 15 is 0 Å². The van der Waals surface area contributed by atoms with E-state index in [9.17, 15) is 4.79 Å². The third-order valence-electron chi connectivity index (χ3n) is 3.95. The standard InChI is InChI=1S/C13H18N2.C5H10O2/c1-2-4-11(5-3-1)12-6-13(12)15-9-10-7-14-8-10;1-5(2,3)7-4-6/h1-5,10,12-15H,6-9H2;4H,1-3H3/t12-,13+;/m0./s1. The maximum atomic E-state index is 9.60. The van der Waals surface area contributed by atoms with Gasteiger partial charge in [0.15, 0.2) is 0 Å². The number of rotatable bonds is 5. The van der Waals surface area contributed by atoms with Crippen molar-refractivity contribution in [1.82, 2.24) is 10.6 Å². The van der Waals surface area contributed by atoms with Gasteiger partial charge in [-0.1, -0.05) is 30.3 Å². The lowest BCUT2D eigenvalue weighted by Crippen LogP contribution is -2.47. The molecule has 0 amide bonds. The first kappa shape index (κ1) is 17.0. The molecule has 1 saturated heterocycles. The molecule has 1 heterocycles. The predicted molar refractivity (Wildman–Crippen MR) is 88.9 cm³/mol. The predicted octanol–water partition coefficient (Wildman–Crippen LogP) is 2.31. The molecule has 2 aliphatic rings. The summed E-state index contributed by atoms with van der Waals surface area (Å²) in [6, 6.07) is 11.6. The van der Waals surface area contributed by atoms with Crippen LogP contribution in [0.3, 0.4) is 0 Å². The molecule has 1 saturated carbocycles. The number of ether oxygens (including phenoxy) is 1. The summed E-state index contributed by atoms with van der Waals surface area (Å²) in [5.74, 6) is 1.65. The van der Waals surface area contributed by atoms with Gasteiger partial charge in [0.25, 0.3) is 6.47 Å². The van der Waals surface area contributed by atoms with Crippen molar-refractivity contribution in [1.29, 1.82) is 0 Å². The van der Waals surface area contributed by atoms with Gasteiger partial charge < -0.3 is 15.4 Å². The van der Waals surface area contributed by atoms with Crippen LogP contribution in [0.5, 0.6) is 0 Å². The Morgan fingerprint density at radius 1 is 1.27 bits per heavy atom. The quantitative estimate of drug-likeness (QED) is 0.820. The minimum atomic E-state index is -0.318. The van der Waals surface area contributed by atoms with Gasteiger partial charge in [-0.2, -0.15) is 0 Å². The van der Waals surface area contributed by atoms with Gasteiger partial charge in [-0.25, -0.2) is 0 Å². The van der Waals surface area contributed by atoms with Crippen LogP contribution in [0, 0.1) is 5.92 Å². The molecule has 2 atom stereocenters. The highest BCUT2D eigenvalue weighted by molar-refractivity contribution is 5.37. The van der Waals surface area contributed by atoms with Gasteiger partial charge in [0.1, 0.15) is 5.60 Å². The molecular weight excluding hydrogens is 276 g/mol. The van der Waals surface area contributed by atoms with Crippen molar-refractivity contribution in [2.24, 2.45) is 5.92 Å². The molecule has 22 heavy (non-hydrogen) atoms. The largest absolute Gasteiger partial charge is 0.462 e. The fraction of sp³-hybridized carbons (Fsp3) is 0.611. The van der Waals surface area contributed by atoms with Crippen molar-refractivity contribution in [3.8, 4) is 0 Å². The van der Waals surface area contributed by atoms with Crippen molar-refractivity contribution in [3.05, 3.63) is 35.9 Å². The van der Waals surface area contributed by atoms with Crippen LogP contribution in [0.15, 0.2) is 30.3 Å². The topological polar surface area (TPSA) is 50.4 Å². The number of hydrogen-bond acceptors (Lipinski definition) is 4. The summed E-state index contributed by atoms with van der Waals surface area (Å²) in [5, 5.41) is 6.98. The van der Waals surface area contributed by atoms with Gasteiger partial charge in [-0.05, 0) is 38.7 Å².